The second kappa shape index (κ2) is 8.61. The van der Waals surface area contributed by atoms with E-state index in [4.69, 9.17) is 4.74 Å². The van der Waals surface area contributed by atoms with Crippen molar-refractivity contribution in [1.29, 1.82) is 0 Å². The smallest absolute Gasteiger partial charge is 0.311 e. The number of benzene rings is 2. The Hall–Kier alpha value is -3.60. The zero-order chi connectivity index (χ0) is 21.9. The van der Waals surface area contributed by atoms with Gasteiger partial charge in [0.1, 0.15) is 23.8 Å². The molecule has 0 heterocycles. The molecule has 0 N–H and O–H groups in total. The highest BCUT2D eigenvalue weighted by atomic mass is 19.1. The standard InChI is InChI=1S/C18H12F4N2O5/c1-3-15(11-5-9(19)7-13(21)17(11)23(25)26)29-16(4-2)12-6-10(20)8-14(22)18(12)24(27)28/h3-8,15-16H,1-2H2. The first-order chi connectivity index (χ1) is 13.6. The molecule has 2 atom stereocenters. The van der Waals surface area contributed by atoms with E-state index in [1.807, 2.05) is 0 Å². The summed E-state index contributed by atoms with van der Waals surface area (Å²) in [5, 5.41) is 22.4. The Labute approximate surface area is 160 Å². The Balaban J connectivity index is 2.59. The van der Waals surface area contributed by atoms with E-state index in [1.54, 1.807) is 0 Å². The molecular formula is C18H12F4N2O5. The normalized spacial score (nSPS) is 12.8. The molecule has 2 unspecified atom stereocenters. The number of nitro groups is 2. The molecule has 0 saturated carbocycles. The van der Waals surface area contributed by atoms with Gasteiger partial charge in [0.05, 0.1) is 21.0 Å². The Morgan fingerprint density at radius 2 is 1.14 bits per heavy atom. The van der Waals surface area contributed by atoms with Gasteiger partial charge in [-0.1, -0.05) is 12.2 Å². The summed E-state index contributed by atoms with van der Waals surface area (Å²) in [6.45, 7) is 6.72. The number of rotatable bonds is 8. The summed E-state index contributed by atoms with van der Waals surface area (Å²) in [7, 11) is 0. The van der Waals surface area contributed by atoms with Crippen LogP contribution in [0.25, 0.3) is 0 Å². The van der Waals surface area contributed by atoms with Crippen molar-refractivity contribution in [3.05, 3.63) is 104 Å². The van der Waals surface area contributed by atoms with Gasteiger partial charge in [-0.25, -0.2) is 8.78 Å². The molecule has 2 rings (SSSR count). The van der Waals surface area contributed by atoms with Crippen LogP contribution in [0.1, 0.15) is 23.3 Å². The predicted octanol–water partition coefficient (Wildman–Crippen LogP) is 5.23. The number of hydrogen-bond acceptors (Lipinski definition) is 5. The third-order valence-corrected chi connectivity index (χ3v) is 3.81. The van der Waals surface area contributed by atoms with Crippen LogP contribution in [-0.2, 0) is 4.74 Å². The van der Waals surface area contributed by atoms with Crippen LogP contribution < -0.4 is 0 Å². The highest BCUT2D eigenvalue weighted by Crippen LogP contribution is 2.38. The molecule has 0 aliphatic heterocycles. The first-order valence-electron chi connectivity index (χ1n) is 7.77. The van der Waals surface area contributed by atoms with Gasteiger partial charge in [0, 0.05) is 12.1 Å². The van der Waals surface area contributed by atoms with Gasteiger partial charge in [0.25, 0.3) is 0 Å². The van der Waals surface area contributed by atoms with E-state index in [-0.39, 0.29) is 0 Å². The second-order valence-corrected chi connectivity index (χ2v) is 5.61. The monoisotopic (exact) mass is 412 g/mol. The van der Waals surface area contributed by atoms with Gasteiger partial charge in [-0.15, -0.1) is 13.2 Å². The third kappa shape index (κ3) is 4.46. The van der Waals surface area contributed by atoms with Crippen LogP contribution in [0.2, 0.25) is 0 Å². The Bertz CT molecular complexity index is 933. The lowest BCUT2D eigenvalue weighted by molar-refractivity contribution is -0.389. The lowest BCUT2D eigenvalue weighted by Crippen LogP contribution is -2.12. The molecule has 0 saturated heterocycles. The van der Waals surface area contributed by atoms with Crippen molar-refractivity contribution in [2.75, 3.05) is 0 Å². The minimum absolute atomic E-state index is 0.291. The molecule has 0 fully saturated rings. The second-order valence-electron chi connectivity index (χ2n) is 5.61. The van der Waals surface area contributed by atoms with Crippen LogP contribution in [0, 0.1) is 43.5 Å². The zero-order valence-electron chi connectivity index (χ0n) is 14.5. The zero-order valence-corrected chi connectivity index (χ0v) is 14.5. The van der Waals surface area contributed by atoms with E-state index < -0.39 is 67.8 Å². The largest absolute Gasteiger partial charge is 0.357 e. The van der Waals surface area contributed by atoms with Gasteiger partial charge >= 0.3 is 11.4 Å². The molecule has 0 amide bonds. The molecule has 2 aromatic rings. The summed E-state index contributed by atoms with van der Waals surface area (Å²) >= 11 is 0. The summed E-state index contributed by atoms with van der Waals surface area (Å²) in [4.78, 5) is 20.1. The number of ether oxygens (including phenoxy) is 1. The molecule has 11 heteroatoms. The van der Waals surface area contributed by atoms with Gasteiger partial charge in [-0.05, 0) is 12.1 Å². The van der Waals surface area contributed by atoms with Crippen molar-refractivity contribution < 1.29 is 32.1 Å². The van der Waals surface area contributed by atoms with Gasteiger partial charge in [-0.3, -0.25) is 20.2 Å². The molecule has 0 radical (unpaired) electrons. The fourth-order valence-electron chi connectivity index (χ4n) is 2.66. The van der Waals surface area contributed by atoms with Crippen molar-refractivity contribution in [2.24, 2.45) is 0 Å². The molecule has 0 bridgehead atoms. The van der Waals surface area contributed by atoms with E-state index in [2.05, 4.69) is 13.2 Å². The number of nitrogens with zero attached hydrogens (tertiary/aromatic N) is 2. The van der Waals surface area contributed by atoms with Crippen LogP contribution in [0.3, 0.4) is 0 Å². The summed E-state index contributed by atoms with van der Waals surface area (Å²) in [6.07, 6.45) is -1.29. The molecule has 0 aliphatic carbocycles. The van der Waals surface area contributed by atoms with Gasteiger partial charge in [0.15, 0.2) is 0 Å². The molecule has 0 aliphatic rings. The third-order valence-electron chi connectivity index (χ3n) is 3.81. The summed E-state index contributed by atoms with van der Waals surface area (Å²) in [6, 6.07) is 1.82. The maximum atomic E-state index is 13.9. The average molecular weight is 412 g/mol. The summed E-state index contributed by atoms with van der Waals surface area (Å²) in [5.41, 5.74) is -3.40. The van der Waals surface area contributed by atoms with Gasteiger partial charge in [0.2, 0.25) is 11.6 Å². The highest BCUT2D eigenvalue weighted by Gasteiger charge is 2.32. The van der Waals surface area contributed by atoms with E-state index in [0.717, 1.165) is 12.2 Å². The van der Waals surface area contributed by atoms with E-state index in [1.165, 1.54) is 0 Å². The van der Waals surface area contributed by atoms with Gasteiger partial charge in [-0.2, -0.15) is 8.78 Å². The predicted molar refractivity (Wildman–Crippen MR) is 93.0 cm³/mol. The average Bonchev–Trinajstić information content (AvgIpc) is 2.60. The molecule has 0 spiro atoms. The molecule has 2 aromatic carbocycles. The lowest BCUT2D eigenvalue weighted by atomic mass is 10.0. The SMILES string of the molecule is C=CC(OC(C=C)c1cc(F)cc(F)c1[N+](=O)[O-])c1cc(F)cc(F)c1[N+](=O)[O-]. The first-order valence-corrected chi connectivity index (χ1v) is 7.77. The first kappa shape index (κ1) is 21.7. The van der Waals surface area contributed by atoms with Crippen LogP contribution in [0.15, 0.2) is 49.6 Å². The summed E-state index contributed by atoms with van der Waals surface area (Å²) in [5.74, 6) is -5.29. The van der Waals surface area contributed by atoms with Crippen LogP contribution in [0.5, 0.6) is 0 Å². The Morgan fingerprint density at radius 3 is 1.41 bits per heavy atom. The molecular weight excluding hydrogens is 400 g/mol. The van der Waals surface area contributed by atoms with Crippen molar-refractivity contribution in [2.45, 2.75) is 12.2 Å². The maximum Gasteiger partial charge on any atom is 0.311 e. The number of hydrogen-bond donors (Lipinski definition) is 0. The van der Waals surface area contributed by atoms with Crippen molar-refractivity contribution in [3.8, 4) is 0 Å². The van der Waals surface area contributed by atoms with Crippen LogP contribution in [-0.4, -0.2) is 9.85 Å². The topological polar surface area (TPSA) is 95.5 Å². The maximum absolute atomic E-state index is 13.9. The highest BCUT2D eigenvalue weighted by molar-refractivity contribution is 5.47. The quantitative estimate of drug-likeness (QED) is 0.256. The van der Waals surface area contributed by atoms with Crippen molar-refractivity contribution in [3.63, 3.8) is 0 Å². The van der Waals surface area contributed by atoms with Crippen molar-refractivity contribution >= 4 is 11.4 Å². The minimum Gasteiger partial charge on any atom is -0.357 e. The Kier molecular flexibility index (Phi) is 6.44. The lowest BCUT2D eigenvalue weighted by Gasteiger charge is -2.21. The fraction of sp³-hybridized carbons (Fsp3) is 0.111. The van der Waals surface area contributed by atoms with E-state index in [0.29, 0.717) is 24.3 Å². The summed E-state index contributed by atoms with van der Waals surface area (Å²) < 4.78 is 60.5. The van der Waals surface area contributed by atoms with Crippen molar-refractivity contribution in [1.82, 2.24) is 0 Å². The van der Waals surface area contributed by atoms with E-state index >= 15 is 0 Å². The van der Waals surface area contributed by atoms with Crippen LogP contribution in [0.4, 0.5) is 28.9 Å². The molecule has 7 nitrogen and oxygen atoms in total. The Morgan fingerprint density at radius 1 is 0.793 bits per heavy atom. The number of halogens is 4. The van der Waals surface area contributed by atoms with Gasteiger partial charge < -0.3 is 4.74 Å². The van der Waals surface area contributed by atoms with E-state index in [9.17, 15) is 37.8 Å². The minimum atomic E-state index is -1.57. The van der Waals surface area contributed by atoms with Crippen LogP contribution >= 0.6 is 0 Å². The molecule has 152 valence electrons. The molecule has 0 aromatic heterocycles. The number of nitro benzene ring substituents is 2. The fourth-order valence-corrected chi connectivity index (χ4v) is 2.66. The molecule has 29 heavy (non-hydrogen) atoms.